The van der Waals surface area contributed by atoms with Crippen LogP contribution in [0.25, 0.3) is 0 Å². The van der Waals surface area contributed by atoms with Crippen LogP contribution in [0.5, 0.6) is 0 Å². The topological polar surface area (TPSA) is 136 Å². The van der Waals surface area contributed by atoms with Gasteiger partial charge in [0, 0.05) is 31.9 Å². The van der Waals surface area contributed by atoms with Crippen molar-refractivity contribution in [3.63, 3.8) is 0 Å². The van der Waals surface area contributed by atoms with Crippen LogP contribution in [0.15, 0.2) is 24.3 Å². The Balaban J connectivity index is 1.76. The molecule has 0 radical (unpaired) electrons. The highest BCUT2D eigenvalue weighted by Crippen LogP contribution is 2.31. The molecule has 3 rings (SSSR count). The molecule has 2 unspecified atom stereocenters. The molecule has 2 aliphatic heterocycles. The predicted molar refractivity (Wildman–Crippen MR) is 127 cm³/mol. The van der Waals surface area contributed by atoms with Gasteiger partial charge in [0.25, 0.3) is 5.91 Å². The van der Waals surface area contributed by atoms with Gasteiger partial charge in [-0.15, -0.1) is 0 Å². The number of carbonyl (C=O) groups excluding carboxylic acids is 4. The largest absolute Gasteiger partial charge is 0.394 e. The van der Waals surface area contributed by atoms with Gasteiger partial charge < -0.3 is 30.9 Å². The van der Waals surface area contributed by atoms with E-state index in [2.05, 4.69) is 5.32 Å². The van der Waals surface area contributed by atoms with Crippen LogP contribution in [0.1, 0.15) is 37.0 Å². The Kier molecular flexibility index (Phi) is 7.93. The average molecular weight is 474 g/mol. The second-order valence-corrected chi connectivity index (χ2v) is 9.65. The van der Waals surface area contributed by atoms with Crippen molar-refractivity contribution in [3.05, 3.63) is 29.8 Å². The fourth-order valence-electron chi connectivity index (χ4n) is 4.69. The van der Waals surface area contributed by atoms with E-state index in [9.17, 15) is 24.3 Å². The van der Waals surface area contributed by atoms with Crippen LogP contribution in [-0.4, -0.2) is 96.4 Å². The number of benzene rings is 1. The van der Waals surface area contributed by atoms with E-state index in [1.165, 1.54) is 9.80 Å². The van der Waals surface area contributed by atoms with Crippen molar-refractivity contribution in [2.24, 2.45) is 11.7 Å². The minimum Gasteiger partial charge on any atom is -0.394 e. The fourth-order valence-corrected chi connectivity index (χ4v) is 4.69. The first-order valence-electron chi connectivity index (χ1n) is 11.6. The first-order valence-corrected chi connectivity index (χ1v) is 11.6. The quantitative estimate of drug-likeness (QED) is 0.467. The maximum atomic E-state index is 13.5. The smallest absolute Gasteiger partial charge is 0.251 e. The van der Waals surface area contributed by atoms with Crippen molar-refractivity contribution in [3.8, 4) is 0 Å². The lowest BCUT2D eigenvalue weighted by Gasteiger charge is -2.29. The third kappa shape index (κ3) is 5.23. The van der Waals surface area contributed by atoms with E-state index < -0.39 is 36.7 Å². The Bertz CT molecular complexity index is 932. The van der Waals surface area contributed by atoms with Gasteiger partial charge in [-0.2, -0.15) is 0 Å². The number of nitrogens with zero attached hydrogens (tertiary/aromatic N) is 3. The van der Waals surface area contributed by atoms with Crippen LogP contribution in [0.2, 0.25) is 0 Å². The highest BCUT2D eigenvalue weighted by molar-refractivity contribution is 6.01. The van der Waals surface area contributed by atoms with Gasteiger partial charge in [-0.05, 0) is 43.0 Å². The van der Waals surface area contributed by atoms with Crippen molar-refractivity contribution >= 4 is 29.2 Å². The van der Waals surface area contributed by atoms with E-state index in [-0.39, 0.29) is 30.1 Å². The number of nitrogens with one attached hydrogen (secondary N) is 1. The molecule has 2 saturated heterocycles. The number of hydrogen-bond donors (Lipinski definition) is 3. The average Bonchev–Trinajstić information content (AvgIpc) is 3.38. The highest BCUT2D eigenvalue weighted by atomic mass is 16.3. The predicted octanol–water partition coefficient (Wildman–Crippen LogP) is -0.402. The van der Waals surface area contributed by atoms with Crippen LogP contribution in [0, 0.1) is 5.92 Å². The van der Waals surface area contributed by atoms with Gasteiger partial charge in [-0.1, -0.05) is 13.8 Å². The summed E-state index contributed by atoms with van der Waals surface area (Å²) in [7, 11) is 3.82. The normalized spacial score (nSPS) is 21.4. The molecular formula is C24H35N5O5. The second kappa shape index (κ2) is 10.5. The van der Waals surface area contributed by atoms with Gasteiger partial charge in [0.15, 0.2) is 5.78 Å². The van der Waals surface area contributed by atoms with Gasteiger partial charge >= 0.3 is 0 Å². The lowest BCUT2D eigenvalue weighted by molar-refractivity contribution is -0.138. The van der Waals surface area contributed by atoms with Crippen LogP contribution in [0.3, 0.4) is 0 Å². The van der Waals surface area contributed by atoms with Gasteiger partial charge in [0.05, 0.1) is 19.2 Å². The van der Waals surface area contributed by atoms with Gasteiger partial charge in [0.1, 0.15) is 18.1 Å². The number of Topliss-reactive ketones (excluding diaryl/α,β-unsaturated/α-hetero) is 1. The van der Waals surface area contributed by atoms with Crippen molar-refractivity contribution in [1.29, 1.82) is 0 Å². The minimum absolute atomic E-state index is 0.128. The van der Waals surface area contributed by atoms with Gasteiger partial charge in [0.2, 0.25) is 11.8 Å². The number of aliphatic hydroxyl groups excluding tert-OH is 1. The third-order valence-electron chi connectivity index (χ3n) is 6.46. The molecule has 1 aromatic rings. The van der Waals surface area contributed by atoms with E-state index in [0.717, 1.165) is 5.69 Å². The van der Waals surface area contributed by atoms with Crippen molar-refractivity contribution < 1.29 is 24.3 Å². The molecule has 1 aromatic carbocycles. The van der Waals surface area contributed by atoms with Crippen LogP contribution >= 0.6 is 0 Å². The van der Waals surface area contributed by atoms with Crippen molar-refractivity contribution in [2.75, 3.05) is 38.7 Å². The lowest BCUT2D eigenvalue weighted by Crippen LogP contribution is -2.53. The first-order chi connectivity index (χ1) is 16.0. The summed E-state index contributed by atoms with van der Waals surface area (Å²) in [5.74, 6) is -1.28. The number of amides is 3. The van der Waals surface area contributed by atoms with E-state index in [4.69, 9.17) is 5.73 Å². The molecule has 2 aliphatic rings. The standard InChI is InChI=1S/C24H35N5O5/c1-14(2)11-18(26-22(32)15-5-7-16(8-6-15)27(3)4)24(34)28-10-9-19-21(28)20(31)12-29(19)23(33)17(25)13-30/h5-8,14,17-19,21,30H,9-13,25H2,1-4H3,(H,26,32)/t17-,18-,19?,21?/m0/s1. The van der Waals surface area contributed by atoms with Crippen LogP contribution in [0.4, 0.5) is 5.69 Å². The second-order valence-electron chi connectivity index (χ2n) is 9.65. The molecule has 0 aromatic heterocycles. The summed E-state index contributed by atoms with van der Waals surface area (Å²) in [6, 6.07) is 3.98. The number of hydrogen-bond acceptors (Lipinski definition) is 7. The molecule has 186 valence electrons. The number of anilines is 1. The van der Waals surface area contributed by atoms with E-state index in [1.807, 2.05) is 45.0 Å². The zero-order valence-electron chi connectivity index (χ0n) is 20.2. The molecule has 3 amide bonds. The Morgan fingerprint density at radius 2 is 1.79 bits per heavy atom. The summed E-state index contributed by atoms with van der Waals surface area (Å²) in [5.41, 5.74) is 7.07. The minimum atomic E-state index is -1.09. The molecule has 0 aliphatic carbocycles. The van der Waals surface area contributed by atoms with Crippen molar-refractivity contribution in [1.82, 2.24) is 15.1 Å². The molecule has 0 spiro atoms. The summed E-state index contributed by atoms with van der Waals surface area (Å²) in [6.07, 6.45) is 0.862. The third-order valence-corrected chi connectivity index (χ3v) is 6.46. The monoisotopic (exact) mass is 473 g/mol. The summed E-state index contributed by atoms with van der Waals surface area (Å²) in [4.78, 5) is 56.6. The molecule has 34 heavy (non-hydrogen) atoms. The van der Waals surface area contributed by atoms with Gasteiger partial charge in [-0.25, -0.2) is 0 Å². The van der Waals surface area contributed by atoms with Crippen LogP contribution in [-0.2, 0) is 14.4 Å². The number of ketones is 1. The molecule has 0 bridgehead atoms. The Hall–Kier alpha value is -2.98. The zero-order chi connectivity index (χ0) is 25.2. The molecule has 4 atom stereocenters. The van der Waals surface area contributed by atoms with E-state index in [1.54, 1.807) is 12.1 Å². The van der Waals surface area contributed by atoms with Crippen LogP contribution < -0.4 is 16.0 Å². The van der Waals surface area contributed by atoms with Gasteiger partial charge in [-0.3, -0.25) is 19.2 Å². The molecule has 10 nitrogen and oxygen atoms in total. The summed E-state index contributed by atoms with van der Waals surface area (Å²) in [5, 5.41) is 12.1. The van der Waals surface area contributed by atoms with E-state index >= 15 is 0 Å². The zero-order valence-corrected chi connectivity index (χ0v) is 20.2. The summed E-state index contributed by atoms with van der Waals surface area (Å²) in [6.45, 7) is 3.58. The molecule has 10 heteroatoms. The number of nitrogens with two attached hydrogens (primary N) is 1. The number of carbonyl (C=O) groups is 4. The Morgan fingerprint density at radius 1 is 1.15 bits per heavy atom. The van der Waals surface area contributed by atoms with E-state index in [0.29, 0.717) is 24.9 Å². The summed E-state index contributed by atoms with van der Waals surface area (Å²) >= 11 is 0. The number of aliphatic hydroxyl groups is 1. The molecular weight excluding hydrogens is 438 g/mol. The number of fused-ring (bicyclic) bond motifs is 1. The first kappa shape index (κ1) is 25.6. The lowest BCUT2D eigenvalue weighted by atomic mass is 10.0. The fraction of sp³-hybridized carbons (Fsp3) is 0.583. The Labute approximate surface area is 200 Å². The maximum absolute atomic E-state index is 13.5. The number of rotatable bonds is 8. The molecule has 2 heterocycles. The Morgan fingerprint density at radius 3 is 2.35 bits per heavy atom. The van der Waals surface area contributed by atoms with Crippen molar-refractivity contribution in [2.45, 2.75) is 50.9 Å². The molecule has 2 fully saturated rings. The SMILES string of the molecule is CC(C)C[C@H](NC(=O)c1ccc(N(C)C)cc1)C(=O)N1CCC2C1C(=O)CN2C(=O)[C@@H](N)CO. The molecule has 0 saturated carbocycles. The maximum Gasteiger partial charge on any atom is 0.251 e. The summed E-state index contributed by atoms with van der Waals surface area (Å²) < 4.78 is 0. The highest BCUT2D eigenvalue weighted by Gasteiger charge is 2.52. The molecule has 4 N–H and O–H groups in total. The number of likely N-dealkylation sites (tertiary alicyclic amines) is 2.